The summed E-state index contributed by atoms with van der Waals surface area (Å²) in [7, 11) is 0. The molecule has 226 valence electrons. The number of ether oxygens (including phenoxy) is 3. The molecule has 7 heteroatoms. The molecule has 0 radical (unpaired) electrons. The molecule has 0 bridgehead atoms. The van der Waals surface area contributed by atoms with E-state index in [4.69, 9.17) is 18.6 Å². The molecule has 4 aromatic rings. The number of unbranched alkanes of at least 4 members (excludes halogenated alkanes) is 3. The van der Waals surface area contributed by atoms with Crippen molar-refractivity contribution in [2.75, 3.05) is 13.2 Å². The second-order valence-corrected chi connectivity index (χ2v) is 11.1. The number of allylic oxidation sites excluding steroid dienone is 1. The van der Waals surface area contributed by atoms with E-state index in [9.17, 15) is 14.4 Å². The highest BCUT2D eigenvalue weighted by Crippen LogP contribution is 2.31. The van der Waals surface area contributed by atoms with Gasteiger partial charge in [-0.1, -0.05) is 49.9 Å². The zero-order valence-electron chi connectivity index (χ0n) is 25.1. The molecule has 0 saturated carbocycles. The average Bonchev–Trinajstić information content (AvgIpc) is 3.02. The third kappa shape index (κ3) is 7.53. The fourth-order valence-electron chi connectivity index (χ4n) is 5.13. The fourth-order valence-corrected chi connectivity index (χ4v) is 5.13. The molecule has 1 atom stereocenters. The lowest BCUT2D eigenvalue weighted by molar-refractivity contribution is -0.139. The molecule has 5 rings (SSSR count). The molecule has 1 heterocycles. The molecule has 0 aliphatic heterocycles. The summed E-state index contributed by atoms with van der Waals surface area (Å²) in [5.74, 6) is 0.744. The van der Waals surface area contributed by atoms with Crippen LogP contribution in [0.2, 0.25) is 0 Å². The van der Waals surface area contributed by atoms with Gasteiger partial charge < -0.3 is 18.6 Å². The molecule has 0 saturated heterocycles. The van der Waals surface area contributed by atoms with Crippen molar-refractivity contribution in [1.82, 2.24) is 0 Å². The van der Waals surface area contributed by atoms with Gasteiger partial charge in [-0.15, -0.1) is 0 Å². The lowest BCUT2D eigenvalue weighted by atomic mass is 9.88. The van der Waals surface area contributed by atoms with Gasteiger partial charge in [0.25, 0.3) is 0 Å². The molecular formula is C37H36O7. The van der Waals surface area contributed by atoms with Crippen LogP contribution in [-0.2, 0) is 20.7 Å². The van der Waals surface area contributed by atoms with Gasteiger partial charge >= 0.3 is 17.6 Å². The maximum Gasteiger partial charge on any atom is 0.344 e. The van der Waals surface area contributed by atoms with E-state index in [0.717, 1.165) is 54.4 Å². The van der Waals surface area contributed by atoms with Crippen LogP contribution in [0.3, 0.4) is 0 Å². The maximum atomic E-state index is 13.0. The predicted octanol–water partition coefficient (Wildman–Crippen LogP) is 7.91. The van der Waals surface area contributed by atoms with Crippen LogP contribution in [-0.4, -0.2) is 25.2 Å². The number of benzene rings is 3. The number of rotatable bonds is 12. The van der Waals surface area contributed by atoms with Crippen LogP contribution < -0.4 is 10.4 Å². The number of fused-ring (bicyclic) bond motifs is 2. The molecule has 1 aliphatic carbocycles. The van der Waals surface area contributed by atoms with Gasteiger partial charge in [-0.05, 0) is 98.2 Å². The summed E-state index contributed by atoms with van der Waals surface area (Å²) < 4.78 is 22.3. The van der Waals surface area contributed by atoms with Crippen LogP contribution in [0.25, 0.3) is 28.2 Å². The van der Waals surface area contributed by atoms with Gasteiger partial charge in [-0.25, -0.2) is 14.4 Å². The normalized spacial score (nSPS) is 14.0. The Kier molecular flexibility index (Phi) is 9.75. The molecule has 0 fully saturated rings. The summed E-state index contributed by atoms with van der Waals surface area (Å²) >= 11 is 0. The highest BCUT2D eigenvalue weighted by atomic mass is 16.5. The van der Waals surface area contributed by atoms with Gasteiger partial charge in [-0.2, -0.15) is 0 Å². The van der Waals surface area contributed by atoms with Crippen molar-refractivity contribution in [3.63, 3.8) is 0 Å². The van der Waals surface area contributed by atoms with Crippen molar-refractivity contribution in [3.05, 3.63) is 118 Å². The Balaban J connectivity index is 1.13. The smallest absolute Gasteiger partial charge is 0.344 e. The van der Waals surface area contributed by atoms with E-state index < -0.39 is 11.6 Å². The first-order chi connectivity index (χ1) is 21.3. The minimum absolute atomic E-state index is 0.190. The fraction of sp³-hybridized carbons (Fsp3) is 0.270. The minimum atomic E-state index is -0.446. The van der Waals surface area contributed by atoms with Crippen LogP contribution in [0.4, 0.5) is 0 Å². The Hall–Kier alpha value is -4.91. The Labute approximate surface area is 256 Å². The first-order valence-electron chi connectivity index (χ1n) is 14.9. The lowest BCUT2D eigenvalue weighted by Crippen LogP contribution is -2.15. The zero-order valence-corrected chi connectivity index (χ0v) is 25.1. The van der Waals surface area contributed by atoms with Crippen LogP contribution in [0, 0.1) is 5.92 Å². The van der Waals surface area contributed by atoms with E-state index in [2.05, 4.69) is 19.6 Å². The molecular weight excluding hydrogens is 556 g/mol. The quantitative estimate of drug-likeness (QED) is 0.0543. The molecule has 7 nitrogen and oxygen atoms in total. The van der Waals surface area contributed by atoms with E-state index in [0.29, 0.717) is 46.8 Å². The lowest BCUT2D eigenvalue weighted by Gasteiger charge is -2.24. The van der Waals surface area contributed by atoms with Crippen LogP contribution >= 0.6 is 0 Å². The van der Waals surface area contributed by atoms with Crippen molar-refractivity contribution in [2.24, 2.45) is 5.92 Å². The Morgan fingerprint density at radius 3 is 2.45 bits per heavy atom. The van der Waals surface area contributed by atoms with Crippen LogP contribution in [0.5, 0.6) is 5.75 Å². The number of carbonyl (C=O) groups is 2. The van der Waals surface area contributed by atoms with E-state index in [1.807, 2.05) is 30.3 Å². The highest BCUT2D eigenvalue weighted by molar-refractivity contribution is 5.92. The number of hydrogen-bond acceptors (Lipinski definition) is 7. The van der Waals surface area contributed by atoms with Gasteiger partial charge in [0.15, 0.2) is 0 Å². The Morgan fingerprint density at radius 1 is 0.932 bits per heavy atom. The molecule has 0 spiro atoms. The Bertz CT molecular complexity index is 1760. The van der Waals surface area contributed by atoms with Crippen molar-refractivity contribution >= 4 is 29.0 Å². The predicted molar refractivity (Wildman–Crippen MR) is 170 cm³/mol. The molecule has 0 amide bonds. The second-order valence-electron chi connectivity index (χ2n) is 11.1. The van der Waals surface area contributed by atoms with E-state index >= 15 is 0 Å². The number of carbonyl (C=O) groups excluding carboxylic acids is 2. The average molecular weight is 593 g/mol. The molecule has 3 aromatic carbocycles. The SMILES string of the molecule is C=C(C)C(=O)OCCCCCCOC1=Cc2ccc(C(=O)Oc3ccc(-c4cc5ccccc5oc4=O)cc3)cc2CC1C. The summed E-state index contributed by atoms with van der Waals surface area (Å²) in [5.41, 5.74) is 4.24. The highest BCUT2D eigenvalue weighted by Gasteiger charge is 2.21. The van der Waals surface area contributed by atoms with Gasteiger partial charge in [0.05, 0.1) is 30.1 Å². The minimum Gasteiger partial charge on any atom is -0.498 e. The molecule has 44 heavy (non-hydrogen) atoms. The van der Waals surface area contributed by atoms with Crippen molar-refractivity contribution in [1.29, 1.82) is 0 Å². The summed E-state index contributed by atoms with van der Waals surface area (Å²) in [6.45, 7) is 8.39. The van der Waals surface area contributed by atoms with E-state index in [1.54, 1.807) is 49.4 Å². The van der Waals surface area contributed by atoms with Gasteiger partial charge in [0.2, 0.25) is 0 Å². The number of hydrogen-bond donors (Lipinski definition) is 0. The standard InChI is InChI=1S/C37H36O7/c1-24(2)35(38)42-19-9-5-4-8-18-41-34-23-27-12-13-29(21-30(27)20-25(34)3)36(39)43-31-16-14-26(15-17-31)32-22-28-10-6-7-11-33(28)44-37(32)40/h6-7,10-17,21-23,25H,1,4-5,8-9,18-20H2,2-3H3. The zero-order chi connectivity index (χ0) is 31.1. The summed E-state index contributed by atoms with van der Waals surface area (Å²) in [6, 6.07) is 21.6. The largest absolute Gasteiger partial charge is 0.498 e. The first kappa shape index (κ1) is 30.5. The third-order valence-electron chi connectivity index (χ3n) is 7.59. The summed E-state index contributed by atoms with van der Waals surface area (Å²) in [6.07, 6.45) is 6.53. The number of para-hydroxylation sites is 1. The van der Waals surface area contributed by atoms with Crippen molar-refractivity contribution in [3.8, 4) is 16.9 Å². The molecule has 1 aliphatic rings. The topological polar surface area (TPSA) is 92.0 Å². The van der Waals surface area contributed by atoms with Gasteiger partial charge in [0, 0.05) is 16.9 Å². The van der Waals surface area contributed by atoms with E-state index in [1.165, 1.54) is 0 Å². The van der Waals surface area contributed by atoms with Gasteiger partial charge in [0.1, 0.15) is 11.3 Å². The number of esters is 2. The first-order valence-corrected chi connectivity index (χ1v) is 14.9. The van der Waals surface area contributed by atoms with E-state index in [-0.39, 0.29) is 11.9 Å². The van der Waals surface area contributed by atoms with Crippen molar-refractivity contribution in [2.45, 2.75) is 46.0 Å². The van der Waals surface area contributed by atoms with Gasteiger partial charge in [-0.3, -0.25) is 0 Å². The van der Waals surface area contributed by atoms with Crippen LogP contribution in [0.15, 0.2) is 99.9 Å². The summed E-state index contributed by atoms with van der Waals surface area (Å²) in [4.78, 5) is 36.9. The monoisotopic (exact) mass is 592 g/mol. The molecule has 1 unspecified atom stereocenters. The second kappa shape index (κ2) is 14.0. The Morgan fingerprint density at radius 2 is 1.68 bits per heavy atom. The summed E-state index contributed by atoms with van der Waals surface area (Å²) in [5, 5.41) is 0.834. The molecule has 0 N–H and O–H groups in total. The molecule has 1 aromatic heterocycles. The van der Waals surface area contributed by atoms with Crippen LogP contribution in [0.1, 0.15) is 61.0 Å². The maximum absolute atomic E-state index is 13.0. The third-order valence-corrected chi connectivity index (χ3v) is 7.59. The van der Waals surface area contributed by atoms with Crippen molar-refractivity contribution < 1.29 is 28.2 Å².